The Morgan fingerprint density at radius 2 is 1.95 bits per heavy atom. The summed E-state index contributed by atoms with van der Waals surface area (Å²) in [5, 5.41) is 9.03. The number of hydrogen-bond acceptors (Lipinski definition) is 4. The molecule has 1 aromatic carbocycles. The van der Waals surface area contributed by atoms with Crippen molar-refractivity contribution in [3.8, 4) is 0 Å². The minimum Gasteiger partial charge on any atom is -0.478 e. The molecule has 0 aromatic heterocycles. The van der Waals surface area contributed by atoms with Gasteiger partial charge < -0.3 is 14.7 Å². The Kier molecular flexibility index (Phi) is 3.88. The first-order valence-electron chi connectivity index (χ1n) is 5.95. The summed E-state index contributed by atoms with van der Waals surface area (Å²) >= 11 is 0. The van der Waals surface area contributed by atoms with Gasteiger partial charge in [-0.15, -0.1) is 0 Å². The Morgan fingerprint density at radius 3 is 2.52 bits per heavy atom. The number of carbonyl (C=O) groups is 3. The van der Waals surface area contributed by atoms with Gasteiger partial charge >= 0.3 is 11.9 Å². The van der Waals surface area contributed by atoms with E-state index in [4.69, 9.17) is 5.11 Å². The number of rotatable bonds is 3. The predicted molar refractivity (Wildman–Crippen MR) is 65.8 cm³/mol. The number of carboxylic acid groups (broad SMARTS) is 1. The Labute approximate surface area is 117 Å². The fourth-order valence-corrected chi connectivity index (χ4v) is 2.20. The third kappa shape index (κ3) is 2.69. The molecular weight excluding hydrogens is 288 g/mol. The standard InChI is InChI=1S/C13H11F2NO5/c1-21-13(20)6-2-11(17)16(5-6)10-4-9(15)8(14)3-7(10)12(18)19/h3-4,6H,2,5H2,1H3,(H,18,19). The highest BCUT2D eigenvalue weighted by atomic mass is 19.2. The van der Waals surface area contributed by atoms with Crippen molar-refractivity contribution in [2.24, 2.45) is 5.92 Å². The molecule has 0 saturated carbocycles. The van der Waals surface area contributed by atoms with E-state index in [0.29, 0.717) is 12.1 Å². The zero-order valence-corrected chi connectivity index (χ0v) is 10.9. The lowest BCUT2D eigenvalue weighted by molar-refractivity contribution is -0.145. The molecule has 0 radical (unpaired) electrons. The van der Waals surface area contributed by atoms with E-state index < -0.39 is 41.0 Å². The van der Waals surface area contributed by atoms with Crippen molar-refractivity contribution in [2.45, 2.75) is 6.42 Å². The average Bonchev–Trinajstić information content (AvgIpc) is 2.82. The van der Waals surface area contributed by atoms with Crippen molar-refractivity contribution in [3.63, 3.8) is 0 Å². The van der Waals surface area contributed by atoms with Gasteiger partial charge in [0.05, 0.1) is 24.3 Å². The zero-order valence-electron chi connectivity index (χ0n) is 10.9. The molecule has 1 unspecified atom stereocenters. The van der Waals surface area contributed by atoms with Crippen LogP contribution in [0.4, 0.5) is 14.5 Å². The lowest BCUT2D eigenvalue weighted by Crippen LogP contribution is -2.28. The summed E-state index contributed by atoms with van der Waals surface area (Å²) in [5.41, 5.74) is -0.828. The van der Waals surface area contributed by atoms with Gasteiger partial charge in [-0.25, -0.2) is 13.6 Å². The summed E-state index contributed by atoms with van der Waals surface area (Å²) in [6.45, 7) is -0.142. The smallest absolute Gasteiger partial charge is 0.337 e. The number of ether oxygens (including phenoxy) is 1. The van der Waals surface area contributed by atoms with Crippen LogP contribution in [0.2, 0.25) is 0 Å². The summed E-state index contributed by atoms with van der Waals surface area (Å²) in [6, 6.07) is 1.14. The second-order valence-corrected chi connectivity index (χ2v) is 4.52. The van der Waals surface area contributed by atoms with Crippen molar-refractivity contribution in [1.29, 1.82) is 0 Å². The minimum atomic E-state index is -1.50. The summed E-state index contributed by atoms with van der Waals surface area (Å²) in [4.78, 5) is 35.4. The van der Waals surface area contributed by atoms with Crippen molar-refractivity contribution in [2.75, 3.05) is 18.6 Å². The van der Waals surface area contributed by atoms with Crippen molar-refractivity contribution in [1.82, 2.24) is 0 Å². The number of benzene rings is 1. The lowest BCUT2D eigenvalue weighted by Gasteiger charge is -2.19. The number of esters is 1. The number of carbonyl (C=O) groups excluding carboxylic acids is 2. The SMILES string of the molecule is COC(=O)C1CC(=O)N(c2cc(F)c(F)cc2C(=O)O)C1. The molecule has 112 valence electrons. The fourth-order valence-electron chi connectivity index (χ4n) is 2.20. The molecule has 1 saturated heterocycles. The highest BCUT2D eigenvalue weighted by Crippen LogP contribution is 2.30. The number of nitrogens with zero attached hydrogens (tertiary/aromatic N) is 1. The monoisotopic (exact) mass is 299 g/mol. The van der Waals surface area contributed by atoms with Crippen LogP contribution in [0.15, 0.2) is 12.1 Å². The van der Waals surface area contributed by atoms with Gasteiger partial charge in [-0.3, -0.25) is 9.59 Å². The molecule has 2 rings (SSSR count). The van der Waals surface area contributed by atoms with Gasteiger partial charge in [-0.2, -0.15) is 0 Å². The molecule has 6 nitrogen and oxygen atoms in total. The van der Waals surface area contributed by atoms with Crippen LogP contribution >= 0.6 is 0 Å². The number of hydrogen-bond donors (Lipinski definition) is 1. The Bertz CT molecular complexity index is 631. The van der Waals surface area contributed by atoms with Gasteiger partial charge in [0.2, 0.25) is 5.91 Å². The van der Waals surface area contributed by atoms with Crippen LogP contribution in [-0.2, 0) is 14.3 Å². The van der Waals surface area contributed by atoms with Gasteiger partial charge in [0.15, 0.2) is 11.6 Å². The Balaban J connectivity index is 2.42. The number of carboxylic acids is 1. The Hall–Kier alpha value is -2.51. The van der Waals surface area contributed by atoms with Gasteiger partial charge in [0, 0.05) is 19.0 Å². The van der Waals surface area contributed by atoms with Gasteiger partial charge in [0.1, 0.15) is 0 Å². The highest BCUT2D eigenvalue weighted by molar-refractivity contribution is 6.04. The molecule has 1 aromatic rings. The normalized spacial score (nSPS) is 18.0. The van der Waals surface area contributed by atoms with Crippen molar-refractivity contribution < 1.29 is 33.0 Å². The maximum atomic E-state index is 13.3. The van der Waals surface area contributed by atoms with Crippen LogP contribution < -0.4 is 4.90 Å². The molecule has 21 heavy (non-hydrogen) atoms. The topological polar surface area (TPSA) is 83.9 Å². The number of aromatic carboxylic acids is 1. The molecular formula is C13H11F2NO5. The zero-order chi connectivity index (χ0) is 15.7. The number of methoxy groups -OCH3 is 1. The molecule has 0 spiro atoms. The molecule has 1 atom stereocenters. The third-order valence-electron chi connectivity index (χ3n) is 3.22. The highest BCUT2D eigenvalue weighted by Gasteiger charge is 2.37. The van der Waals surface area contributed by atoms with E-state index in [0.717, 1.165) is 12.0 Å². The van der Waals surface area contributed by atoms with Gasteiger partial charge in [0.25, 0.3) is 0 Å². The Morgan fingerprint density at radius 1 is 1.33 bits per heavy atom. The van der Waals surface area contributed by atoms with Gasteiger partial charge in [-0.1, -0.05) is 0 Å². The van der Waals surface area contributed by atoms with Crippen LogP contribution in [0.25, 0.3) is 0 Å². The summed E-state index contributed by atoms with van der Waals surface area (Å²) in [7, 11) is 1.16. The first kappa shape index (κ1) is 14.9. The van der Waals surface area contributed by atoms with Crippen molar-refractivity contribution >= 4 is 23.5 Å². The molecule has 8 heteroatoms. The van der Waals surface area contributed by atoms with Crippen LogP contribution in [0, 0.1) is 17.6 Å². The van der Waals surface area contributed by atoms with Crippen LogP contribution in [0.1, 0.15) is 16.8 Å². The quantitative estimate of drug-likeness (QED) is 0.848. The summed E-state index contributed by atoms with van der Waals surface area (Å²) in [5.74, 6) is -6.05. The maximum Gasteiger partial charge on any atom is 0.337 e. The largest absolute Gasteiger partial charge is 0.478 e. The van der Waals surface area contributed by atoms with Crippen molar-refractivity contribution in [3.05, 3.63) is 29.3 Å². The molecule has 0 aliphatic carbocycles. The molecule has 1 aliphatic rings. The van der Waals surface area contributed by atoms with Gasteiger partial charge in [-0.05, 0) is 6.07 Å². The second kappa shape index (κ2) is 5.47. The van der Waals surface area contributed by atoms with E-state index in [1.54, 1.807) is 0 Å². The maximum absolute atomic E-state index is 13.3. The van der Waals surface area contributed by atoms with E-state index in [1.165, 1.54) is 0 Å². The van der Waals surface area contributed by atoms with E-state index in [1.807, 2.05) is 0 Å². The lowest BCUT2D eigenvalue weighted by atomic mass is 10.1. The molecule has 1 amide bonds. The molecule has 1 N–H and O–H groups in total. The summed E-state index contributed by atoms with van der Waals surface area (Å²) < 4.78 is 31.0. The average molecular weight is 299 g/mol. The van der Waals surface area contributed by atoms with Crippen LogP contribution in [0.5, 0.6) is 0 Å². The van der Waals surface area contributed by atoms with E-state index >= 15 is 0 Å². The summed E-state index contributed by atoms with van der Waals surface area (Å²) in [6.07, 6.45) is -0.176. The van der Waals surface area contributed by atoms with E-state index in [-0.39, 0.29) is 18.7 Å². The minimum absolute atomic E-state index is 0.142. The molecule has 0 bridgehead atoms. The fraction of sp³-hybridized carbons (Fsp3) is 0.308. The number of amides is 1. The third-order valence-corrected chi connectivity index (χ3v) is 3.22. The molecule has 1 heterocycles. The number of halogens is 2. The number of anilines is 1. The predicted octanol–water partition coefficient (Wildman–Crippen LogP) is 1.19. The molecule has 1 fully saturated rings. The first-order valence-corrected chi connectivity index (χ1v) is 5.95. The van der Waals surface area contributed by atoms with Crippen LogP contribution in [0.3, 0.4) is 0 Å². The molecule has 1 aliphatic heterocycles. The van der Waals surface area contributed by atoms with Crippen LogP contribution in [-0.4, -0.2) is 36.6 Å². The second-order valence-electron chi connectivity index (χ2n) is 4.52. The first-order chi connectivity index (χ1) is 9.85. The van der Waals surface area contributed by atoms with E-state index in [2.05, 4.69) is 4.74 Å². The van der Waals surface area contributed by atoms with E-state index in [9.17, 15) is 23.2 Å².